The first-order valence-corrected chi connectivity index (χ1v) is 7.55. The van der Waals surface area contributed by atoms with E-state index in [1.807, 2.05) is 12.1 Å². The van der Waals surface area contributed by atoms with E-state index in [1.54, 1.807) is 17.4 Å². The van der Waals surface area contributed by atoms with Crippen LogP contribution < -0.4 is 5.32 Å². The number of fused-ring (bicyclic) bond motifs is 1. The molecule has 0 saturated carbocycles. The number of hydrogen-bond donors (Lipinski definition) is 1. The molecule has 0 spiro atoms. The Hall–Kier alpha value is -1.39. The van der Waals surface area contributed by atoms with Crippen molar-refractivity contribution >= 4 is 43.0 Å². The maximum absolute atomic E-state index is 13.4. The minimum absolute atomic E-state index is 0.229. The first-order valence-electron chi connectivity index (χ1n) is 5.88. The number of rotatable bonds is 3. The molecule has 0 fully saturated rings. The minimum atomic E-state index is -0.229. The van der Waals surface area contributed by atoms with Crippen molar-refractivity contribution in [2.45, 2.75) is 6.54 Å². The van der Waals surface area contributed by atoms with E-state index in [0.717, 1.165) is 11.3 Å². The van der Waals surface area contributed by atoms with Crippen LogP contribution in [0.1, 0.15) is 5.56 Å². The van der Waals surface area contributed by atoms with Crippen molar-refractivity contribution in [1.29, 1.82) is 0 Å². The second-order valence-electron chi connectivity index (χ2n) is 4.24. The molecule has 0 radical (unpaired) electrons. The Morgan fingerprint density at radius 3 is 2.95 bits per heavy atom. The van der Waals surface area contributed by atoms with Crippen molar-refractivity contribution in [2.24, 2.45) is 0 Å². The number of anilines is 1. The van der Waals surface area contributed by atoms with Gasteiger partial charge in [0.2, 0.25) is 0 Å². The number of thiophene rings is 1. The van der Waals surface area contributed by atoms with Gasteiger partial charge >= 0.3 is 0 Å². The quantitative estimate of drug-likeness (QED) is 0.674. The Kier molecular flexibility index (Phi) is 3.53. The molecule has 1 nitrogen and oxygen atoms in total. The van der Waals surface area contributed by atoms with Gasteiger partial charge in [-0.1, -0.05) is 12.1 Å². The zero-order valence-corrected chi connectivity index (χ0v) is 12.4. The fourth-order valence-electron chi connectivity index (χ4n) is 1.96. The molecule has 4 heteroatoms. The lowest BCUT2D eigenvalue weighted by atomic mass is 10.2. The van der Waals surface area contributed by atoms with Gasteiger partial charge in [0.25, 0.3) is 0 Å². The van der Waals surface area contributed by atoms with Crippen molar-refractivity contribution in [1.82, 2.24) is 0 Å². The van der Waals surface area contributed by atoms with Crippen LogP contribution in [0.5, 0.6) is 0 Å². The monoisotopic (exact) mass is 335 g/mol. The van der Waals surface area contributed by atoms with E-state index in [1.165, 1.54) is 16.2 Å². The molecule has 1 heterocycles. The highest BCUT2D eigenvalue weighted by molar-refractivity contribution is 9.10. The summed E-state index contributed by atoms with van der Waals surface area (Å²) in [5.41, 5.74) is 1.95. The van der Waals surface area contributed by atoms with Gasteiger partial charge in [-0.25, -0.2) is 4.39 Å². The minimum Gasteiger partial charge on any atom is -0.381 e. The summed E-state index contributed by atoms with van der Waals surface area (Å²) in [6, 6.07) is 13.4. The predicted octanol–water partition coefficient (Wildman–Crippen LogP) is 5.42. The summed E-state index contributed by atoms with van der Waals surface area (Å²) in [6.45, 7) is 0.591. The number of hydrogen-bond acceptors (Lipinski definition) is 2. The van der Waals surface area contributed by atoms with E-state index in [4.69, 9.17) is 0 Å². The van der Waals surface area contributed by atoms with Crippen LogP contribution in [0.3, 0.4) is 0 Å². The molecule has 0 aliphatic carbocycles. The fourth-order valence-corrected chi connectivity index (χ4v) is 3.13. The molecule has 0 unspecified atom stereocenters. The second-order valence-corrected chi connectivity index (χ2v) is 5.98. The van der Waals surface area contributed by atoms with Gasteiger partial charge in [-0.3, -0.25) is 0 Å². The molecule has 0 aliphatic rings. The van der Waals surface area contributed by atoms with Crippen molar-refractivity contribution in [3.05, 3.63) is 63.7 Å². The summed E-state index contributed by atoms with van der Waals surface area (Å²) in [6.07, 6.45) is 0. The van der Waals surface area contributed by atoms with Crippen molar-refractivity contribution in [2.75, 3.05) is 5.32 Å². The maximum Gasteiger partial charge on any atom is 0.137 e. The maximum atomic E-state index is 13.4. The summed E-state index contributed by atoms with van der Waals surface area (Å²) in [7, 11) is 0. The zero-order valence-electron chi connectivity index (χ0n) is 9.99. The largest absolute Gasteiger partial charge is 0.381 e. The third-order valence-electron chi connectivity index (χ3n) is 2.97. The van der Waals surface area contributed by atoms with Gasteiger partial charge in [0, 0.05) is 16.9 Å². The molecule has 1 aromatic heterocycles. The summed E-state index contributed by atoms with van der Waals surface area (Å²) in [5, 5.41) is 6.63. The van der Waals surface area contributed by atoms with Gasteiger partial charge in [0.1, 0.15) is 5.82 Å². The standard InChI is InChI=1S/C15H11BrFNS/c16-15-11(2-1-3-13(15)17)9-18-12-4-5-14-10(8-12)6-7-19-14/h1-8,18H,9H2. The lowest BCUT2D eigenvalue weighted by Crippen LogP contribution is -2.00. The van der Waals surface area contributed by atoms with Gasteiger partial charge < -0.3 is 5.32 Å². The van der Waals surface area contributed by atoms with Crippen LogP contribution in [-0.2, 0) is 6.54 Å². The van der Waals surface area contributed by atoms with Crippen molar-refractivity contribution < 1.29 is 4.39 Å². The van der Waals surface area contributed by atoms with Gasteiger partial charge in [0.15, 0.2) is 0 Å². The summed E-state index contributed by atoms with van der Waals surface area (Å²) in [5.74, 6) is -0.229. The normalized spacial score (nSPS) is 10.8. The molecule has 3 aromatic rings. The molecule has 0 aliphatic heterocycles. The second kappa shape index (κ2) is 5.31. The zero-order chi connectivity index (χ0) is 13.2. The molecule has 2 aromatic carbocycles. The topological polar surface area (TPSA) is 12.0 Å². The highest BCUT2D eigenvalue weighted by Crippen LogP contribution is 2.25. The number of nitrogens with one attached hydrogen (secondary N) is 1. The highest BCUT2D eigenvalue weighted by atomic mass is 79.9. The molecule has 1 N–H and O–H groups in total. The van der Waals surface area contributed by atoms with Gasteiger partial charge in [-0.15, -0.1) is 11.3 Å². The van der Waals surface area contributed by atoms with E-state index >= 15 is 0 Å². The van der Waals surface area contributed by atoms with Crippen LogP contribution in [-0.4, -0.2) is 0 Å². The van der Waals surface area contributed by atoms with Crippen molar-refractivity contribution in [3.63, 3.8) is 0 Å². The van der Waals surface area contributed by atoms with E-state index < -0.39 is 0 Å². The number of halogens is 2. The van der Waals surface area contributed by atoms with Gasteiger partial charge in [0.05, 0.1) is 4.47 Å². The van der Waals surface area contributed by atoms with Gasteiger partial charge in [-0.2, -0.15) is 0 Å². The lowest BCUT2D eigenvalue weighted by Gasteiger charge is -2.09. The van der Waals surface area contributed by atoms with Crippen molar-refractivity contribution in [3.8, 4) is 0 Å². The fraction of sp³-hybridized carbons (Fsp3) is 0.0667. The number of benzene rings is 2. The highest BCUT2D eigenvalue weighted by Gasteiger charge is 2.05. The Morgan fingerprint density at radius 1 is 1.16 bits per heavy atom. The Morgan fingerprint density at radius 2 is 2.05 bits per heavy atom. The van der Waals surface area contributed by atoms with Gasteiger partial charge in [-0.05, 0) is 62.6 Å². The molecule has 19 heavy (non-hydrogen) atoms. The predicted molar refractivity (Wildman–Crippen MR) is 83.3 cm³/mol. The van der Waals surface area contributed by atoms with E-state index in [-0.39, 0.29) is 5.82 Å². The molecule has 0 bridgehead atoms. The first-order chi connectivity index (χ1) is 9.24. The Bertz CT molecular complexity index is 723. The summed E-state index contributed by atoms with van der Waals surface area (Å²) >= 11 is 5.00. The van der Waals surface area contributed by atoms with Crippen LogP contribution >= 0.6 is 27.3 Å². The third-order valence-corrected chi connectivity index (χ3v) is 4.75. The van der Waals surface area contributed by atoms with E-state index in [2.05, 4.69) is 44.8 Å². The molecule has 0 amide bonds. The molecular formula is C15H11BrFNS. The van der Waals surface area contributed by atoms with E-state index in [0.29, 0.717) is 11.0 Å². The first kappa shape index (κ1) is 12.6. The third kappa shape index (κ3) is 2.65. The molecule has 3 rings (SSSR count). The van der Waals surface area contributed by atoms with Crippen LogP contribution in [0.4, 0.5) is 10.1 Å². The molecule has 0 atom stereocenters. The Balaban J connectivity index is 1.80. The van der Waals surface area contributed by atoms with Crippen LogP contribution in [0.2, 0.25) is 0 Å². The average Bonchev–Trinajstić information content (AvgIpc) is 2.88. The molecule has 96 valence electrons. The van der Waals surface area contributed by atoms with Crippen LogP contribution in [0.25, 0.3) is 10.1 Å². The van der Waals surface area contributed by atoms with Crippen LogP contribution in [0, 0.1) is 5.82 Å². The van der Waals surface area contributed by atoms with E-state index in [9.17, 15) is 4.39 Å². The summed E-state index contributed by atoms with van der Waals surface area (Å²) in [4.78, 5) is 0. The van der Waals surface area contributed by atoms with Crippen LogP contribution in [0.15, 0.2) is 52.3 Å². The SMILES string of the molecule is Fc1cccc(CNc2ccc3sccc3c2)c1Br. The smallest absolute Gasteiger partial charge is 0.137 e. The molecule has 0 saturated heterocycles. The average molecular weight is 336 g/mol. The lowest BCUT2D eigenvalue weighted by molar-refractivity contribution is 0.618. The summed E-state index contributed by atoms with van der Waals surface area (Å²) < 4.78 is 15.2. The molecular weight excluding hydrogens is 325 g/mol. The Labute approximate surface area is 123 Å².